The molecule has 1 aromatic heterocycles. The first-order valence-corrected chi connectivity index (χ1v) is 9.56. The molecule has 0 amide bonds. The lowest BCUT2D eigenvalue weighted by Crippen LogP contribution is -2.40. The second kappa shape index (κ2) is 8.85. The number of aryl methyl sites for hydroxylation is 2. The number of hydrogen-bond donors (Lipinski definition) is 0. The van der Waals surface area contributed by atoms with E-state index in [4.69, 9.17) is 9.47 Å². The fraction of sp³-hybridized carbons (Fsp3) is 0.450. The first-order chi connectivity index (χ1) is 13.9. The number of ether oxygens (including phenoxy) is 2. The minimum atomic E-state index is -0.542. The summed E-state index contributed by atoms with van der Waals surface area (Å²) in [6.07, 6.45) is 2.63. The zero-order chi connectivity index (χ0) is 21.0. The summed E-state index contributed by atoms with van der Waals surface area (Å²) in [6.45, 7) is 6.82. The van der Waals surface area contributed by atoms with Crippen molar-refractivity contribution in [3.8, 4) is 11.6 Å². The summed E-state index contributed by atoms with van der Waals surface area (Å²) in [5.41, 5.74) is 1.79. The Morgan fingerprint density at radius 3 is 2.79 bits per heavy atom. The van der Waals surface area contributed by atoms with Crippen molar-refractivity contribution in [2.24, 2.45) is 5.92 Å². The number of carbonyl (C=O) groups excluding carboxylic acids is 1. The third-order valence-corrected chi connectivity index (χ3v) is 4.99. The van der Waals surface area contributed by atoms with Gasteiger partial charge in [0.2, 0.25) is 5.82 Å². The molecule has 2 heterocycles. The van der Waals surface area contributed by atoms with Gasteiger partial charge in [-0.05, 0) is 56.9 Å². The van der Waals surface area contributed by atoms with Crippen LogP contribution in [0.25, 0.3) is 0 Å². The molecule has 9 heteroatoms. The number of rotatable bonds is 6. The lowest BCUT2D eigenvalue weighted by Gasteiger charge is -2.31. The van der Waals surface area contributed by atoms with Crippen LogP contribution in [0.3, 0.4) is 0 Å². The molecule has 1 atom stereocenters. The first-order valence-electron chi connectivity index (χ1n) is 9.56. The minimum absolute atomic E-state index is 0.124. The highest BCUT2D eigenvalue weighted by Crippen LogP contribution is 2.37. The SMILES string of the molecule is CCOC(=O)C1CCCN(c2ncnc(Oc3ccc(C)c(C)c3)c2[N+](=O)[O-])C1. The molecule has 2 aromatic rings. The number of hydrogen-bond acceptors (Lipinski definition) is 8. The van der Waals surface area contributed by atoms with Crippen LogP contribution in [-0.4, -0.2) is 40.6 Å². The molecule has 1 aliphatic rings. The maximum Gasteiger partial charge on any atom is 0.373 e. The fourth-order valence-electron chi connectivity index (χ4n) is 3.33. The Morgan fingerprint density at radius 1 is 1.31 bits per heavy atom. The topological polar surface area (TPSA) is 108 Å². The molecule has 0 bridgehead atoms. The molecule has 1 aliphatic heterocycles. The molecule has 9 nitrogen and oxygen atoms in total. The smallest absolute Gasteiger partial charge is 0.373 e. The molecule has 3 rings (SSSR count). The van der Waals surface area contributed by atoms with E-state index in [2.05, 4.69) is 9.97 Å². The van der Waals surface area contributed by atoms with Gasteiger partial charge in [-0.15, -0.1) is 0 Å². The van der Waals surface area contributed by atoms with Gasteiger partial charge in [0.25, 0.3) is 0 Å². The highest BCUT2D eigenvalue weighted by Gasteiger charge is 2.34. The van der Waals surface area contributed by atoms with E-state index in [0.717, 1.165) is 11.1 Å². The number of esters is 1. The zero-order valence-corrected chi connectivity index (χ0v) is 16.8. The van der Waals surface area contributed by atoms with Crippen LogP contribution in [0.4, 0.5) is 11.5 Å². The van der Waals surface area contributed by atoms with Gasteiger partial charge in [0.1, 0.15) is 12.1 Å². The fourth-order valence-corrected chi connectivity index (χ4v) is 3.33. The Hall–Kier alpha value is -3.23. The van der Waals surface area contributed by atoms with E-state index in [1.165, 1.54) is 6.33 Å². The molecule has 1 aromatic carbocycles. The van der Waals surface area contributed by atoms with Crippen molar-refractivity contribution in [3.05, 3.63) is 45.8 Å². The first kappa shape index (κ1) is 20.5. The lowest BCUT2D eigenvalue weighted by molar-refractivity contribution is -0.385. The molecule has 154 valence electrons. The minimum Gasteiger partial charge on any atom is -0.466 e. The number of anilines is 1. The van der Waals surface area contributed by atoms with Crippen molar-refractivity contribution in [2.45, 2.75) is 33.6 Å². The summed E-state index contributed by atoms with van der Waals surface area (Å²) in [7, 11) is 0. The van der Waals surface area contributed by atoms with E-state index in [0.29, 0.717) is 38.3 Å². The summed E-state index contributed by atoms with van der Waals surface area (Å²) in [5.74, 6) is -0.147. The highest BCUT2D eigenvalue weighted by molar-refractivity contribution is 5.74. The number of benzene rings is 1. The standard InChI is InChI=1S/C20H24N4O5/c1-4-28-20(25)15-6-5-9-23(11-15)18-17(24(26)27)19(22-12-21-18)29-16-8-7-13(2)14(3)10-16/h7-8,10,12,15H,4-6,9,11H2,1-3H3. The molecule has 0 radical (unpaired) electrons. The van der Waals surface area contributed by atoms with Gasteiger partial charge in [-0.3, -0.25) is 14.9 Å². The van der Waals surface area contributed by atoms with Crippen molar-refractivity contribution in [1.29, 1.82) is 0 Å². The van der Waals surface area contributed by atoms with E-state index < -0.39 is 4.92 Å². The van der Waals surface area contributed by atoms with Crippen molar-refractivity contribution < 1.29 is 19.2 Å². The second-order valence-electron chi connectivity index (χ2n) is 6.99. The molecule has 0 spiro atoms. The summed E-state index contributed by atoms with van der Waals surface area (Å²) in [4.78, 5) is 33.3. The monoisotopic (exact) mass is 400 g/mol. The largest absolute Gasteiger partial charge is 0.466 e. The van der Waals surface area contributed by atoms with Crippen LogP contribution in [0.2, 0.25) is 0 Å². The van der Waals surface area contributed by atoms with Crippen LogP contribution in [0.1, 0.15) is 30.9 Å². The van der Waals surface area contributed by atoms with Gasteiger partial charge >= 0.3 is 17.5 Å². The lowest BCUT2D eigenvalue weighted by atomic mass is 9.98. The molecule has 0 aliphatic carbocycles. The molecule has 1 fully saturated rings. The predicted octanol–water partition coefficient (Wildman–Crippen LogP) is 3.57. The van der Waals surface area contributed by atoms with Gasteiger partial charge in [0.05, 0.1) is 17.4 Å². The second-order valence-corrected chi connectivity index (χ2v) is 6.99. The van der Waals surface area contributed by atoms with Crippen molar-refractivity contribution >= 4 is 17.5 Å². The normalized spacial score (nSPS) is 16.4. The van der Waals surface area contributed by atoms with Crippen molar-refractivity contribution in [3.63, 3.8) is 0 Å². The molecule has 0 N–H and O–H groups in total. The quantitative estimate of drug-likeness (QED) is 0.411. The van der Waals surface area contributed by atoms with Gasteiger partial charge in [-0.2, -0.15) is 4.98 Å². The Kier molecular flexibility index (Phi) is 6.26. The van der Waals surface area contributed by atoms with Crippen LogP contribution in [0.15, 0.2) is 24.5 Å². The summed E-state index contributed by atoms with van der Waals surface area (Å²) in [5, 5.41) is 11.8. The molecule has 1 saturated heterocycles. The number of carbonyl (C=O) groups is 1. The van der Waals surface area contributed by atoms with Crippen molar-refractivity contribution in [2.75, 3.05) is 24.6 Å². The number of nitro groups is 1. The average Bonchev–Trinajstić information content (AvgIpc) is 2.70. The van der Waals surface area contributed by atoms with Gasteiger partial charge in [0, 0.05) is 13.1 Å². The number of piperidine rings is 1. The number of aromatic nitrogens is 2. The molecular formula is C20H24N4O5. The predicted molar refractivity (Wildman–Crippen MR) is 106 cm³/mol. The maximum absolute atomic E-state index is 12.1. The van der Waals surface area contributed by atoms with Crippen LogP contribution >= 0.6 is 0 Å². The highest BCUT2D eigenvalue weighted by atomic mass is 16.6. The maximum atomic E-state index is 12.1. The molecule has 0 saturated carbocycles. The zero-order valence-electron chi connectivity index (χ0n) is 16.8. The van der Waals surface area contributed by atoms with Gasteiger partial charge in [-0.1, -0.05) is 6.07 Å². The average molecular weight is 400 g/mol. The molecule has 29 heavy (non-hydrogen) atoms. The third kappa shape index (κ3) is 4.61. The Bertz CT molecular complexity index is 918. The Labute approximate surface area is 168 Å². The molecule has 1 unspecified atom stereocenters. The van der Waals surface area contributed by atoms with Gasteiger partial charge in [0.15, 0.2) is 0 Å². The van der Waals surface area contributed by atoms with Crippen molar-refractivity contribution in [1.82, 2.24) is 9.97 Å². The van der Waals surface area contributed by atoms with E-state index in [1.807, 2.05) is 19.9 Å². The van der Waals surface area contributed by atoms with Crippen LogP contribution in [0.5, 0.6) is 11.6 Å². The summed E-state index contributed by atoms with van der Waals surface area (Å²) < 4.78 is 10.8. The Morgan fingerprint density at radius 2 is 2.10 bits per heavy atom. The third-order valence-electron chi connectivity index (χ3n) is 4.99. The van der Waals surface area contributed by atoms with Crippen LogP contribution in [0, 0.1) is 29.9 Å². The molecular weight excluding hydrogens is 376 g/mol. The Balaban J connectivity index is 1.91. The number of nitrogens with zero attached hydrogens (tertiary/aromatic N) is 4. The summed E-state index contributed by atoms with van der Waals surface area (Å²) >= 11 is 0. The van der Waals surface area contributed by atoms with E-state index in [1.54, 1.807) is 24.0 Å². The van der Waals surface area contributed by atoms with Gasteiger partial charge in [-0.25, -0.2) is 4.98 Å². The van der Waals surface area contributed by atoms with Crippen LogP contribution < -0.4 is 9.64 Å². The van der Waals surface area contributed by atoms with E-state index in [9.17, 15) is 14.9 Å². The summed E-state index contributed by atoms with van der Waals surface area (Å²) in [6, 6.07) is 5.43. The van der Waals surface area contributed by atoms with E-state index in [-0.39, 0.29) is 29.3 Å². The van der Waals surface area contributed by atoms with Crippen LogP contribution in [-0.2, 0) is 9.53 Å². The van der Waals surface area contributed by atoms with Gasteiger partial charge < -0.3 is 14.4 Å². The van der Waals surface area contributed by atoms with E-state index >= 15 is 0 Å².